The summed E-state index contributed by atoms with van der Waals surface area (Å²) >= 11 is 0. The summed E-state index contributed by atoms with van der Waals surface area (Å²) in [4.78, 5) is 0. The smallest absolute Gasteiger partial charge is 0.127 e. The Hall–Kier alpha value is -4.18. The number of phenols is 4. The van der Waals surface area contributed by atoms with Gasteiger partial charge in [-0.05, 0) is 29.2 Å². The Morgan fingerprint density at radius 1 is 0.471 bits per heavy atom. The highest BCUT2D eigenvalue weighted by Crippen LogP contribution is 2.46. The summed E-state index contributed by atoms with van der Waals surface area (Å²) in [5.41, 5.74) is 3.34. The minimum atomic E-state index is -0.472. The van der Waals surface area contributed by atoms with Crippen LogP contribution in [-0.4, -0.2) is 20.4 Å². The molecule has 0 unspecified atom stereocenters. The second-order valence-electron chi connectivity index (χ2n) is 9.01. The first-order valence-electron chi connectivity index (χ1n) is 11.3. The molecule has 0 aliphatic heterocycles. The van der Waals surface area contributed by atoms with Crippen molar-refractivity contribution in [1.29, 1.82) is 0 Å². The van der Waals surface area contributed by atoms with Crippen LogP contribution in [0.5, 0.6) is 23.0 Å². The van der Waals surface area contributed by atoms with Crippen LogP contribution in [-0.2, 0) is 0 Å². The van der Waals surface area contributed by atoms with Crippen LogP contribution in [0.4, 0.5) is 0 Å². The van der Waals surface area contributed by atoms with Gasteiger partial charge >= 0.3 is 0 Å². The second kappa shape index (κ2) is 8.31. The summed E-state index contributed by atoms with van der Waals surface area (Å²) in [7, 11) is 0. The lowest BCUT2D eigenvalue weighted by atomic mass is 9.81. The van der Waals surface area contributed by atoms with E-state index in [1.165, 1.54) is 5.56 Å². The van der Waals surface area contributed by atoms with Crippen LogP contribution in [0.25, 0.3) is 21.5 Å². The number of aromatic hydroxyl groups is 4. The molecule has 0 fully saturated rings. The SMILES string of the molecule is CC(C)c1ccc(C(c2ccc3c(O)cccc3c2O)c2ccc3c(O)cccc3c2O)cc1. The van der Waals surface area contributed by atoms with Crippen LogP contribution in [0.2, 0.25) is 0 Å². The van der Waals surface area contributed by atoms with Crippen molar-refractivity contribution in [3.63, 3.8) is 0 Å². The predicted molar refractivity (Wildman–Crippen MR) is 136 cm³/mol. The fourth-order valence-corrected chi connectivity index (χ4v) is 4.75. The lowest BCUT2D eigenvalue weighted by molar-refractivity contribution is 0.463. The van der Waals surface area contributed by atoms with Gasteiger partial charge in [-0.15, -0.1) is 0 Å². The lowest BCUT2D eigenvalue weighted by Gasteiger charge is -2.23. The minimum absolute atomic E-state index is 0.0572. The molecule has 4 nitrogen and oxygen atoms in total. The van der Waals surface area contributed by atoms with Crippen molar-refractivity contribution in [1.82, 2.24) is 0 Å². The van der Waals surface area contributed by atoms with Crippen LogP contribution in [0.1, 0.15) is 47.9 Å². The van der Waals surface area contributed by atoms with Gasteiger partial charge in [-0.3, -0.25) is 0 Å². The number of phenolic OH excluding ortho intramolecular Hbond substituents is 4. The van der Waals surface area contributed by atoms with E-state index >= 15 is 0 Å². The van der Waals surface area contributed by atoms with Gasteiger partial charge in [0.25, 0.3) is 0 Å². The first kappa shape index (κ1) is 21.7. The molecular weight excluding hydrogens is 424 g/mol. The standard InChI is InChI=1S/C30H26O4/c1-17(2)18-9-11-19(12-10-18)28(24-15-13-20-22(29(24)33)5-3-7-26(20)31)25-16-14-21-23(30(25)34)6-4-8-27(21)32/h3-17,28,31-34H,1-2H3. The van der Waals surface area contributed by atoms with E-state index in [9.17, 15) is 20.4 Å². The molecule has 0 aliphatic rings. The quantitative estimate of drug-likeness (QED) is 0.220. The number of hydrogen-bond donors (Lipinski definition) is 4. The Morgan fingerprint density at radius 2 is 0.912 bits per heavy atom. The highest BCUT2D eigenvalue weighted by Gasteiger charge is 2.25. The van der Waals surface area contributed by atoms with Crippen molar-refractivity contribution in [2.75, 3.05) is 0 Å². The van der Waals surface area contributed by atoms with Gasteiger partial charge in [-0.2, -0.15) is 0 Å². The first-order chi connectivity index (χ1) is 16.4. The second-order valence-corrected chi connectivity index (χ2v) is 9.01. The normalized spacial score (nSPS) is 11.6. The molecule has 4 N–H and O–H groups in total. The van der Waals surface area contributed by atoms with Crippen molar-refractivity contribution >= 4 is 21.5 Å². The molecular formula is C30H26O4. The topological polar surface area (TPSA) is 80.9 Å². The molecule has 5 aromatic rings. The van der Waals surface area contributed by atoms with E-state index in [-0.39, 0.29) is 23.0 Å². The van der Waals surface area contributed by atoms with Gasteiger partial charge in [-0.25, -0.2) is 0 Å². The van der Waals surface area contributed by atoms with Crippen LogP contribution >= 0.6 is 0 Å². The van der Waals surface area contributed by atoms with Crippen molar-refractivity contribution in [2.24, 2.45) is 0 Å². The fourth-order valence-electron chi connectivity index (χ4n) is 4.75. The Morgan fingerprint density at radius 3 is 1.35 bits per heavy atom. The van der Waals surface area contributed by atoms with Gasteiger partial charge in [0.1, 0.15) is 23.0 Å². The molecule has 4 heteroatoms. The van der Waals surface area contributed by atoms with E-state index in [1.54, 1.807) is 60.7 Å². The fraction of sp³-hybridized carbons (Fsp3) is 0.133. The molecule has 0 radical (unpaired) electrons. The minimum Gasteiger partial charge on any atom is -0.507 e. The van der Waals surface area contributed by atoms with Crippen molar-refractivity contribution in [3.05, 3.63) is 107 Å². The first-order valence-corrected chi connectivity index (χ1v) is 11.3. The molecule has 0 amide bonds. The van der Waals surface area contributed by atoms with Crippen molar-refractivity contribution in [3.8, 4) is 23.0 Å². The zero-order valence-electron chi connectivity index (χ0n) is 19.0. The molecule has 5 aromatic carbocycles. The summed E-state index contributed by atoms with van der Waals surface area (Å²) in [5, 5.41) is 45.4. The zero-order chi connectivity index (χ0) is 24.0. The van der Waals surface area contributed by atoms with E-state index in [1.807, 2.05) is 12.1 Å². The largest absolute Gasteiger partial charge is 0.507 e. The maximum Gasteiger partial charge on any atom is 0.127 e. The molecule has 0 saturated carbocycles. The average Bonchev–Trinajstić information content (AvgIpc) is 2.83. The molecule has 0 heterocycles. The van der Waals surface area contributed by atoms with E-state index in [0.29, 0.717) is 38.6 Å². The summed E-state index contributed by atoms with van der Waals surface area (Å²) in [6.07, 6.45) is 0. The third-order valence-corrected chi connectivity index (χ3v) is 6.64. The molecule has 170 valence electrons. The average molecular weight is 451 g/mol. The molecule has 0 aromatic heterocycles. The van der Waals surface area contributed by atoms with Crippen LogP contribution in [0.15, 0.2) is 84.9 Å². The van der Waals surface area contributed by atoms with Gasteiger partial charge in [0.2, 0.25) is 0 Å². The highest BCUT2D eigenvalue weighted by atomic mass is 16.3. The molecule has 5 rings (SSSR count). The van der Waals surface area contributed by atoms with E-state index in [2.05, 4.69) is 26.0 Å². The summed E-state index contributed by atoms with van der Waals surface area (Å²) in [6.45, 7) is 4.27. The van der Waals surface area contributed by atoms with Crippen LogP contribution < -0.4 is 0 Å². The molecule has 0 bridgehead atoms. The van der Waals surface area contributed by atoms with Crippen molar-refractivity contribution in [2.45, 2.75) is 25.7 Å². The summed E-state index contributed by atoms with van der Waals surface area (Å²) in [6, 6.07) is 25.5. The van der Waals surface area contributed by atoms with Gasteiger partial charge in [0, 0.05) is 38.6 Å². The number of hydrogen-bond acceptors (Lipinski definition) is 4. The lowest BCUT2D eigenvalue weighted by Crippen LogP contribution is -2.05. The molecule has 0 saturated heterocycles. The van der Waals surface area contributed by atoms with Crippen LogP contribution in [0, 0.1) is 0 Å². The maximum absolute atomic E-state index is 11.3. The molecule has 0 spiro atoms. The van der Waals surface area contributed by atoms with Crippen molar-refractivity contribution < 1.29 is 20.4 Å². The van der Waals surface area contributed by atoms with Gasteiger partial charge in [0.05, 0.1) is 0 Å². The predicted octanol–water partition coefficient (Wildman–Crippen LogP) is 7.12. The Balaban J connectivity index is 1.79. The van der Waals surface area contributed by atoms with E-state index in [0.717, 1.165) is 5.56 Å². The third kappa shape index (κ3) is 3.48. The number of benzene rings is 5. The summed E-state index contributed by atoms with van der Waals surface area (Å²) < 4.78 is 0. The molecule has 0 aliphatic carbocycles. The monoisotopic (exact) mass is 450 g/mol. The van der Waals surface area contributed by atoms with E-state index in [4.69, 9.17) is 0 Å². The highest BCUT2D eigenvalue weighted by molar-refractivity contribution is 5.96. The van der Waals surface area contributed by atoms with Gasteiger partial charge < -0.3 is 20.4 Å². The Bertz CT molecular complexity index is 1430. The Kier molecular flexibility index (Phi) is 5.29. The van der Waals surface area contributed by atoms with Gasteiger partial charge in [0.15, 0.2) is 0 Å². The third-order valence-electron chi connectivity index (χ3n) is 6.64. The zero-order valence-corrected chi connectivity index (χ0v) is 19.0. The van der Waals surface area contributed by atoms with Gasteiger partial charge in [-0.1, -0.05) is 86.6 Å². The summed E-state index contributed by atoms with van der Waals surface area (Å²) in [5.74, 6) is 0.215. The number of rotatable bonds is 4. The maximum atomic E-state index is 11.3. The number of fused-ring (bicyclic) bond motifs is 2. The molecule has 0 atom stereocenters. The Labute approximate surface area is 198 Å². The van der Waals surface area contributed by atoms with E-state index < -0.39 is 5.92 Å². The molecule has 34 heavy (non-hydrogen) atoms. The van der Waals surface area contributed by atoms with Crippen LogP contribution in [0.3, 0.4) is 0 Å².